The molecule has 3 rings (SSSR count). The van der Waals surface area contributed by atoms with Crippen LogP contribution in [-0.4, -0.2) is 64.0 Å². The third-order valence-corrected chi connectivity index (χ3v) is 5.48. The molecule has 2 fully saturated rings. The molecule has 0 radical (unpaired) electrons. The maximum atomic E-state index is 5.72. The summed E-state index contributed by atoms with van der Waals surface area (Å²) in [5.41, 5.74) is 1.70. The predicted octanol–water partition coefficient (Wildman–Crippen LogP) is 3.29. The normalized spacial score (nSPS) is 21.0. The molecule has 1 unspecified atom stereocenters. The summed E-state index contributed by atoms with van der Waals surface area (Å²) in [4.78, 5) is 7.42. The molecule has 152 valence electrons. The molecule has 0 bridgehead atoms. The van der Waals surface area contributed by atoms with Gasteiger partial charge >= 0.3 is 0 Å². The Kier molecular flexibility index (Phi) is 9.32. The zero-order valence-electron chi connectivity index (χ0n) is 16.7. The molecule has 2 aliphatic rings. The van der Waals surface area contributed by atoms with E-state index in [1.165, 1.54) is 24.8 Å². The van der Waals surface area contributed by atoms with Gasteiger partial charge in [-0.25, -0.2) is 0 Å². The lowest BCUT2D eigenvalue weighted by atomic mass is 9.96. The van der Waals surface area contributed by atoms with E-state index in [1.807, 2.05) is 0 Å². The van der Waals surface area contributed by atoms with Gasteiger partial charge < -0.3 is 19.7 Å². The van der Waals surface area contributed by atoms with E-state index in [0.717, 1.165) is 38.7 Å². The van der Waals surface area contributed by atoms with Crippen LogP contribution in [0.2, 0.25) is 0 Å². The van der Waals surface area contributed by atoms with E-state index in [9.17, 15) is 0 Å². The van der Waals surface area contributed by atoms with Crippen molar-refractivity contribution in [2.24, 2.45) is 10.9 Å². The van der Waals surface area contributed by atoms with Gasteiger partial charge in [0.05, 0.1) is 26.4 Å². The van der Waals surface area contributed by atoms with Crippen LogP contribution in [0, 0.1) is 5.92 Å². The number of halogens is 1. The first-order chi connectivity index (χ1) is 12.8. The summed E-state index contributed by atoms with van der Waals surface area (Å²) in [5, 5.41) is 3.49. The van der Waals surface area contributed by atoms with E-state index in [1.54, 1.807) is 7.11 Å². The summed E-state index contributed by atoms with van der Waals surface area (Å²) in [6, 6.07) is 10.9. The summed E-state index contributed by atoms with van der Waals surface area (Å²) in [5.74, 6) is 1.65. The topological polar surface area (TPSA) is 46.1 Å². The highest BCUT2D eigenvalue weighted by Gasteiger charge is 2.44. The number of hydrogen-bond acceptors (Lipinski definition) is 3. The standard InChI is InChI=1S/C21H33N3O2.HI/c1-3-22-20(24-12-9-18(15-24)16-26-14-13-25-2)23-17-21(10-11-21)19-7-5-4-6-8-19;/h4-8,18H,3,9-17H2,1-2H3,(H,22,23);1H. The molecule has 1 aromatic carbocycles. The van der Waals surface area contributed by atoms with Gasteiger partial charge in [0.1, 0.15) is 0 Å². The highest BCUT2D eigenvalue weighted by molar-refractivity contribution is 14.0. The van der Waals surface area contributed by atoms with E-state index in [-0.39, 0.29) is 29.4 Å². The van der Waals surface area contributed by atoms with Crippen molar-refractivity contribution in [2.45, 2.75) is 31.6 Å². The summed E-state index contributed by atoms with van der Waals surface area (Å²) in [7, 11) is 1.71. The van der Waals surface area contributed by atoms with Crippen LogP contribution in [0.3, 0.4) is 0 Å². The molecule has 6 heteroatoms. The predicted molar refractivity (Wildman–Crippen MR) is 121 cm³/mol. The Labute approximate surface area is 180 Å². The van der Waals surface area contributed by atoms with Crippen LogP contribution in [0.4, 0.5) is 0 Å². The maximum Gasteiger partial charge on any atom is 0.193 e. The fraction of sp³-hybridized carbons (Fsp3) is 0.667. The Balaban J connectivity index is 0.00000261. The Bertz CT molecular complexity index is 578. The second kappa shape index (κ2) is 11.2. The minimum atomic E-state index is 0. The van der Waals surface area contributed by atoms with Gasteiger partial charge in [-0.2, -0.15) is 0 Å². The van der Waals surface area contributed by atoms with Gasteiger partial charge in [0, 0.05) is 38.1 Å². The Morgan fingerprint density at radius 1 is 1.26 bits per heavy atom. The number of aliphatic imine (C=N–C) groups is 1. The SMILES string of the molecule is CCNC(=NCC1(c2ccccc2)CC1)N1CCC(COCCOC)C1.I. The average molecular weight is 487 g/mol. The quantitative estimate of drug-likeness (QED) is 0.252. The fourth-order valence-corrected chi connectivity index (χ4v) is 3.69. The number of likely N-dealkylation sites (tertiary alicyclic amines) is 1. The zero-order valence-corrected chi connectivity index (χ0v) is 19.0. The molecular weight excluding hydrogens is 453 g/mol. The number of hydrogen-bond donors (Lipinski definition) is 1. The van der Waals surface area contributed by atoms with Crippen molar-refractivity contribution in [3.63, 3.8) is 0 Å². The van der Waals surface area contributed by atoms with Crippen LogP contribution < -0.4 is 5.32 Å². The van der Waals surface area contributed by atoms with Gasteiger partial charge in [0.15, 0.2) is 5.96 Å². The molecule has 0 aromatic heterocycles. The minimum absolute atomic E-state index is 0. The summed E-state index contributed by atoms with van der Waals surface area (Å²) >= 11 is 0. The summed E-state index contributed by atoms with van der Waals surface area (Å²) < 4.78 is 10.8. The van der Waals surface area contributed by atoms with Crippen molar-refractivity contribution >= 4 is 29.9 Å². The van der Waals surface area contributed by atoms with Crippen LogP contribution in [0.5, 0.6) is 0 Å². The third kappa shape index (κ3) is 6.32. The molecule has 1 aliphatic heterocycles. The molecule has 1 heterocycles. The number of nitrogens with zero attached hydrogens (tertiary/aromatic N) is 2. The number of rotatable bonds is 9. The number of benzene rings is 1. The van der Waals surface area contributed by atoms with Crippen molar-refractivity contribution in [1.29, 1.82) is 0 Å². The Morgan fingerprint density at radius 2 is 2.04 bits per heavy atom. The van der Waals surface area contributed by atoms with Gasteiger partial charge in [0.2, 0.25) is 0 Å². The molecule has 1 N–H and O–H groups in total. The van der Waals surface area contributed by atoms with Crippen molar-refractivity contribution in [2.75, 3.05) is 53.1 Å². The van der Waals surface area contributed by atoms with Crippen molar-refractivity contribution in [3.8, 4) is 0 Å². The van der Waals surface area contributed by atoms with Gasteiger partial charge in [-0.05, 0) is 31.7 Å². The van der Waals surface area contributed by atoms with E-state index in [4.69, 9.17) is 14.5 Å². The van der Waals surface area contributed by atoms with E-state index < -0.39 is 0 Å². The number of ether oxygens (including phenoxy) is 2. The van der Waals surface area contributed by atoms with E-state index >= 15 is 0 Å². The minimum Gasteiger partial charge on any atom is -0.382 e. The van der Waals surface area contributed by atoms with Crippen LogP contribution in [-0.2, 0) is 14.9 Å². The second-order valence-corrected chi connectivity index (χ2v) is 7.48. The third-order valence-electron chi connectivity index (χ3n) is 5.48. The number of methoxy groups -OCH3 is 1. The zero-order chi connectivity index (χ0) is 18.2. The fourth-order valence-electron chi connectivity index (χ4n) is 3.69. The van der Waals surface area contributed by atoms with Crippen molar-refractivity contribution < 1.29 is 9.47 Å². The Morgan fingerprint density at radius 3 is 2.70 bits per heavy atom. The molecule has 1 saturated carbocycles. The molecule has 27 heavy (non-hydrogen) atoms. The lowest BCUT2D eigenvalue weighted by Crippen LogP contribution is -2.40. The molecule has 1 aliphatic carbocycles. The first kappa shape index (κ1) is 22.4. The molecular formula is C21H34IN3O2. The van der Waals surface area contributed by atoms with Crippen molar-refractivity contribution in [3.05, 3.63) is 35.9 Å². The van der Waals surface area contributed by atoms with Crippen LogP contribution in [0.15, 0.2) is 35.3 Å². The van der Waals surface area contributed by atoms with Gasteiger partial charge in [-0.15, -0.1) is 24.0 Å². The molecule has 1 saturated heterocycles. The first-order valence-electron chi connectivity index (χ1n) is 9.93. The lowest BCUT2D eigenvalue weighted by Gasteiger charge is -2.23. The molecule has 0 spiro atoms. The summed E-state index contributed by atoms with van der Waals surface area (Å²) in [6.45, 7) is 8.17. The molecule has 0 amide bonds. The second-order valence-electron chi connectivity index (χ2n) is 7.48. The maximum absolute atomic E-state index is 5.72. The average Bonchev–Trinajstić information content (AvgIpc) is 3.33. The first-order valence-corrected chi connectivity index (χ1v) is 9.93. The van der Waals surface area contributed by atoms with E-state index in [0.29, 0.717) is 19.1 Å². The summed E-state index contributed by atoms with van der Waals surface area (Å²) in [6.07, 6.45) is 3.66. The molecule has 1 aromatic rings. The Hall–Kier alpha value is -0.860. The number of nitrogens with one attached hydrogen (secondary N) is 1. The van der Waals surface area contributed by atoms with Gasteiger partial charge in [-0.3, -0.25) is 4.99 Å². The van der Waals surface area contributed by atoms with Crippen LogP contribution in [0.1, 0.15) is 31.7 Å². The van der Waals surface area contributed by atoms with Crippen LogP contribution in [0.25, 0.3) is 0 Å². The van der Waals surface area contributed by atoms with Gasteiger partial charge in [-0.1, -0.05) is 30.3 Å². The van der Waals surface area contributed by atoms with Crippen LogP contribution >= 0.6 is 24.0 Å². The lowest BCUT2D eigenvalue weighted by molar-refractivity contribution is 0.0536. The van der Waals surface area contributed by atoms with Crippen molar-refractivity contribution in [1.82, 2.24) is 10.2 Å². The number of guanidine groups is 1. The largest absolute Gasteiger partial charge is 0.382 e. The van der Waals surface area contributed by atoms with Gasteiger partial charge in [0.25, 0.3) is 0 Å². The smallest absolute Gasteiger partial charge is 0.193 e. The highest BCUT2D eigenvalue weighted by Crippen LogP contribution is 2.48. The highest BCUT2D eigenvalue weighted by atomic mass is 127. The monoisotopic (exact) mass is 487 g/mol. The molecule has 1 atom stereocenters. The molecule has 5 nitrogen and oxygen atoms in total. The van der Waals surface area contributed by atoms with E-state index in [2.05, 4.69) is 47.5 Å².